The number of amides is 1. The summed E-state index contributed by atoms with van der Waals surface area (Å²) in [5, 5.41) is 0. The number of likely N-dealkylation sites (tertiary alicyclic amines) is 1. The third-order valence-corrected chi connectivity index (χ3v) is 5.78. The standard InChI is InChI=1S/C21H33N3O/c1-16-6-5-7-17(14-16)19-15-20(19)21(25)24(13-12-22(2)3)18-8-10-23(4)11-9-18/h5-7,14,18-20H,8-13,15H2,1-4H3/t19-,20-/m1/s1. The molecule has 4 nitrogen and oxygen atoms in total. The number of nitrogens with zero attached hydrogens (tertiary/aromatic N) is 3. The second-order valence-electron chi connectivity index (χ2n) is 8.23. The highest BCUT2D eigenvalue weighted by Crippen LogP contribution is 2.49. The number of hydrogen-bond acceptors (Lipinski definition) is 3. The van der Waals surface area contributed by atoms with Crippen molar-refractivity contribution >= 4 is 5.91 Å². The van der Waals surface area contributed by atoms with Crippen LogP contribution in [0.5, 0.6) is 0 Å². The Bertz CT molecular complexity index is 593. The Morgan fingerprint density at radius 2 is 1.92 bits per heavy atom. The van der Waals surface area contributed by atoms with Crippen molar-refractivity contribution in [2.45, 2.75) is 38.1 Å². The third-order valence-electron chi connectivity index (χ3n) is 5.78. The van der Waals surface area contributed by atoms with E-state index in [1.54, 1.807) is 0 Å². The number of piperidine rings is 1. The van der Waals surface area contributed by atoms with Gasteiger partial charge in [0.15, 0.2) is 0 Å². The predicted octanol–water partition coefficient (Wildman–Crippen LogP) is 2.58. The zero-order valence-electron chi connectivity index (χ0n) is 16.2. The van der Waals surface area contributed by atoms with Crippen LogP contribution in [0.2, 0.25) is 0 Å². The molecule has 0 bridgehead atoms. The Balaban J connectivity index is 1.67. The molecule has 25 heavy (non-hydrogen) atoms. The molecule has 0 radical (unpaired) electrons. The molecule has 1 saturated heterocycles. The van der Waals surface area contributed by atoms with Gasteiger partial charge in [-0.15, -0.1) is 0 Å². The van der Waals surface area contributed by atoms with Crippen LogP contribution in [0, 0.1) is 12.8 Å². The molecule has 2 atom stereocenters. The summed E-state index contributed by atoms with van der Waals surface area (Å²) in [6.45, 7) is 6.13. The molecule has 1 aromatic carbocycles. The monoisotopic (exact) mass is 343 g/mol. The minimum absolute atomic E-state index is 0.198. The second kappa shape index (κ2) is 7.88. The summed E-state index contributed by atoms with van der Waals surface area (Å²) in [4.78, 5) is 20.0. The van der Waals surface area contributed by atoms with Crippen LogP contribution in [-0.2, 0) is 4.79 Å². The summed E-state index contributed by atoms with van der Waals surface area (Å²) < 4.78 is 0. The van der Waals surface area contributed by atoms with E-state index in [0.29, 0.717) is 17.9 Å². The van der Waals surface area contributed by atoms with E-state index in [0.717, 1.165) is 45.4 Å². The topological polar surface area (TPSA) is 26.8 Å². The number of carbonyl (C=O) groups excluding carboxylic acids is 1. The Labute approximate surface area is 152 Å². The SMILES string of the molecule is Cc1cccc([C@H]2C[C@H]2C(=O)N(CCN(C)C)C2CCN(C)CC2)c1. The smallest absolute Gasteiger partial charge is 0.226 e. The molecular formula is C21H33N3O. The quantitative estimate of drug-likeness (QED) is 0.794. The number of carbonyl (C=O) groups is 1. The molecule has 0 aromatic heterocycles. The number of rotatable bonds is 6. The average Bonchev–Trinajstić information content (AvgIpc) is 3.37. The fourth-order valence-corrected chi connectivity index (χ4v) is 4.04. The summed E-state index contributed by atoms with van der Waals surface area (Å²) in [6, 6.07) is 9.10. The first-order chi connectivity index (χ1) is 12.0. The van der Waals surface area contributed by atoms with Gasteiger partial charge in [-0.05, 0) is 71.9 Å². The molecule has 0 unspecified atom stereocenters. The van der Waals surface area contributed by atoms with Crippen molar-refractivity contribution in [3.63, 3.8) is 0 Å². The van der Waals surface area contributed by atoms with E-state index in [1.165, 1.54) is 11.1 Å². The van der Waals surface area contributed by atoms with Crippen molar-refractivity contribution in [3.8, 4) is 0 Å². The van der Waals surface area contributed by atoms with Crippen LogP contribution in [0.25, 0.3) is 0 Å². The molecule has 2 fully saturated rings. The zero-order valence-corrected chi connectivity index (χ0v) is 16.2. The van der Waals surface area contributed by atoms with Crippen LogP contribution >= 0.6 is 0 Å². The van der Waals surface area contributed by atoms with Gasteiger partial charge in [0.25, 0.3) is 0 Å². The number of benzene rings is 1. The first-order valence-electron chi connectivity index (χ1n) is 9.66. The molecule has 1 heterocycles. The first kappa shape index (κ1) is 18.4. The van der Waals surface area contributed by atoms with Crippen molar-refractivity contribution < 1.29 is 4.79 Å². The largest absolute Gasteiger partial charge is 0.338 e. The molecule has 0 N–H and O–H groups in total. The molecule has 1 saturated carbocycles. The lowest BCUT2D eigenvalue weighted by atomic mass is 10.0. The molecule has 138 valence electrons. The summed E-state index contributed by atoms with van der Waals surface area (Å²) in [5.74, 6) is 1.02. The highest BCUT2D eigenvalue weighted by Gasteiger charge is 2.46. The van der Waals surface area contributed by atoms with Gasteiger partial charge in [-0.2, -0.15) is 0 Å². The van der Waals surface area contributed by atoms with Crippen LogP contribution in [0.3, 0.4) is 0 Å². The molecule has 0 spiro atoms. The van der Waals surface area contributed by atoms with E-state index in [1.807, 2.05) is 0 Å². The third kappa shape index (κ3) is 4.62. The fourth-order valence-electron chi connectivity index (χ4n) is 4.04. The maximum atomic E-state index is 13.3. The Hall–Kier alpha value is -1.39. The van der Waals surface area contributed by atoms with Crippen molar-refractivity contribution in [3.05, 3.63) is 35.4 Å². The van der Waals surface area contributed by atoms with Gasteiger partial charge >= 0.3 is 0 Å². The van der Waals surface area contributed by atoms with Crippen molar-refractivity contribution in [1.82, 2.24) is 14.7 Å². The summed E-state index contributed by atoms with van der Waals surface area (Å²) in [7, 11) is 6.35. The lowest BCUT2D eigenvalue weighted by Gasteiger charge is -2.38. The van der Waals surface area contributed by atoms with Crippen LogP contribution in [-0.4, -0.2) is 74.0 Å². The van der Waals surface area contributed by atoms with Crippen molar-refractivity contribution in [2.24, 2.45) is 5.92 Å². The molecule has 1 amide bonds. The molecule has 4 heteroatoms. The Kier molecular flexibility index (Phi) is 5.80. The van der Waals surface area contributed by atoms with Gasteiger partial charge < -0.3 is 14.7 Å². The van der Waals surface area contributed by atoms with E-state index in [2.05, 4.69) is 67.0 Å². The van der Waals surface area contributed by atoms with Crippen LogP contribution in [0.1, 0.15) is 36.3 Å². The minimum Gasteiger partial charge on any atom is -0.338 e. The number of hydrogen-bond donors (Lipinski definition) is 0. The zero-order chi connectivity index (χ0) is 18.0. The molecular weight excluding hydrogens is 310 g/mol. The predicted molar refractivity (Wildman–Crippen MR) is 103 cm³/mol. The highest BCUT2D eigenvalue weighted by atomic mass is 16.2. The van der Waals surface area contributed by atoms with Gasteiger partial charge in [0.1, 0.15) is 0 Å². The van der Waals surface area contributed by atoms with Gasteiger partial charge in [0.05, 0.1) is 0 Å². The van der Waals surface area contributed by atoms with Gasteiger partial charge in [-0.25, -0.2) is 0 Å². The first-order valence-corrected chi connectivity index (χ1v) is 9.66. The lowest BCUT2D eigenvalue weighted by molar-refractivity contribution is -0.136. The molecule has 1 aliphatic carbocycles. The van der Waals surface area contributed by atoms with E-state index < -0.39 is 0 Å². The van der Waals surface area contributed by atoms with Gasteiger partial charge in [-0.1, -0.05) is 29.8 Å². The van der Waals surface area contributed by atoms with Crippen LogP contribution in [0.4, 0.5) is 0 Å². The van der Waals surface area contributed by atoms with Crippen molar-refractivity contribution in [1.29, 1.82) is 0 Å². The Morgan fingerprint density at radius 3 is 2.56 bits per heavy atom. The van der Waals surface area contributed by atoms with Gasteiger partial charge in [0, 0.05) is 25.0 Å². The average molecular weight is 344 g/mol. The second-order valence-corrected chi connectivity index (χ2v) is 8.23. The van der Waals surface area contributed by atoms with E-state index in [9.17, 15) is 4.79 Å². The number of aryl methyl sites for hydroxylation is 1. The van der Waals surface area contributed by atoms with Crippen LogP contribution < -0.4 is 0 Å². The molecule has 1 aliphatic heterocycles. The normalized spacial score (nSPS) is 24.5. The minimum atomic E-state index is 0.198. The Morgan fingerprint density at radius 1 is 1.20 bits per heavy atom. The van der Waals surface area contributed by atoms with E-state index in [4.69, 9.17) is 0 Å². The van der Waals surface area contributed by atoms with E-state index >= 15 is 0 Å². The maximum Gasteiger partial charge on any atom is 0.226 e. The number of likely N-dealkylation sites (N-methyl/N-ethyl adjacent to an activating group) is 1. The van der Waals surface area contributed by atoms with E-state index in [-0.39, 0.29) is 5.92 Å². The molecule has 2 aliphatic rings. The fraction of sp³-hybridized carbons (Fsp3) is 0.667. The highest BCUT2D eigenvalue weighted by molar-refractivity contribution is 5.83. The maximum absolute atomic E-state index is 13.3. The van der Waals surface area contributed by atoms with Crippen molar-refractivity contribution in [2.75, 3.05) is 47.3 Å². The van der Waals surface area contributed by atoms with Gasteiger partial charge in [-0.3, -0.25) is 4.79 Å². The molecule has 3 rings (SSSR count). The molecule has 1 aromatic rings. The summed E-state index contributed by atoms with van der Waals surface area (Å²) in [5.41, 5.74) is 2.63. The lowest BCUT2D eigenvalue weighted by Crippen LogP contribution is -2.49. The van der Waals surface area contributed by atoms with Gasteiger partial charge in [0.2, 0.25) is 5.91 Å². The van der Waals surface area contributed by atoms with Crippen LogP contribution in [0.15, 0.2) is 24.3 Å². The summed E-state index contributed by atoms with van der Waals surface area (Å²) in [6.07, 6.45) is 3.24. The summed E-state index contributed by atoms with van der Waals surface area (Å²) >= 11 is 0.